The van der Waals surface area contributed by atoms with Crippen molar-refractivity contribution in [2.24, 2.45) is 0 Å². The number of nitrogens with zero attached hydrogens (tertiary/aromatic N) is 2. The fraction of sp³-hybridized carbons (Fsp3) is 0.0769. The Balaban J connectivity index is 2.34. The van der Waals surface area contributed by atoms with Crippen molar-refractivity contribution in [2.75, 3.05) is 0 Å². The van der Waals surface area contributed by atoms with E-state index in [1.165, 1.54) is 5.56 Å². The van der Waals surface area contributed by atoms with Crippen LogP contribution in [-0.2, 0) is 0 Å². The summed E-state index contributed by atoms with van der Waals surface area (Å²) < 4.78 is 0. The predicted molar refractivity (Wildman–Crippen MR) is 64.1 cm³/mol. The molecule has 0 saturated heterocycles. The van der Waals surface area contributed by atoms with Gasteiger partial charge in [-0.25, -0.2) is 4.98 Å². The van der Waals surface area contributed by atoms with Crippen molar-refractivity contribution < 1.29 is 0 Å². The van der Waals surface area contributed by atoms with Crippen LogP contribution in [0.2, 0.25) is 0 Å². The van der Waals surface area contributed by atoms with Gasteiger partial charge in [0.15, 0.2) is 0 Å². The summed E-state index contributed by atoms with van der Waals surface area (Å²) in [6.45, 7) is 2.05. The number of H-pyrrole nitrogens is 1. The molecule has 0 aliphatic carbocycles. The van der Waals surface area contributed by atoms with Crippen LogP contribution < -0.4 is 0 Å². The van der Waals surface area contributed by atoms with Crippen molar-refractivity contribution in [1.29, 1.82) is 0 Å². The monoisotopic (exact) mass is 209 g/mol. The van der Waals surface area contributed by atoms with Gasteiger partial charge >= 0.3 is 0 Å². The van der Waals surface area contributed by atoms with E-state index in [9.17, 15) is 0 Å². The Labute approximate surface area is 93.2 Å². The third-order valence-electron chi connectivity index (χ3n) is 2.60. The van der Waals surface area contributed by atoms with Gasteiger partial charge in [0.1, 0.15) is 5.82 Å². The summed E-state index contributed by atoms with van der Waals surface area (Å²) in [5.74, 6) is 0.863. The summed E-state index contributed by atoms with van der Waals surface area (Å²) in [5.41, 5.74) is 3.20. The molecule has 16 heavy (non-hydrogen) atoms. The maximum absolute atomic E-state index is 4.48. The first-order chi connectivity index (χ1) is 7.84. The normalized spacial score (nSPS) is 10.8. The van der Waals surface area contributed by atoms with E-state index >= 15 is 0 Å². The minimum atomic E-state index is 0.863. The van der Waals surface area contributed by atoms with E-state index in [4.69, 9.17) is 0 Å². The zero-order valence-corrected chi connectivity index (χ0v) is 8.94. The van der Waals surface area contributed by atoms with Crippen molar-refractivity contribution in [1.82, 2.24) is 15.0 Å². The lowest BCUT2D eigenvalue weighted by Gasteiger charge is -2.03. The molecule has 0 saturated carbocycles. The Kier molecular flexibility index (Phi) is 1.96. The topological polar surface area (TPSA) is 41.6 Å². The molecule has 3 aromatic rings. The van der Waals surface area contributed by atoms with Crippen LogP contribution in [0.1, 0.15) is 5.56 Å². The number of aromatic nitrogens is 3. The minimum Gasteiger partial charge on any atom is -0.345 e. The number of aryl methyl sites for hydroxylation is 1. The van der Waals surface area contributed by atoms with E-state index < -0.39 is 0 Å². The van der Waals surface area contributed by atoms with Gasteiger partial charge in [0.05, 0.1) is 5.52 Å². The first kappa shape index (κ1) is 9.09. The molecule has 0 fully saturated rings. The average molecular weight is 209 g/mol. The predicted octanol–water partition coefficient (Wildman–Crippen LogP) is 2.93. The van der Waals surface area contributed by atoms with Crippen LogP contribution in [-0.4, -0.2) is 15.0 Å². The van der Waals surface area contributed by atoms with Crippen LogP contribution in [0.4, 0.5) is 0 Å². The van der Waals surface area contributed by atoms with E-state index in [-0.39, 0.29) is 0 Å². The van der Waals surface area contributed by atoms with Gasteiger partial charge in [-0.15, -0.1) is 0 Å². The van der Waals surface area contributed by atoms with Gasteiger partial charge in [0, 0.05) is 29.5 Å². The zero-order chi connectivity index (χ0) is 11.0. The largest absolute Gasteiger partial charge is 0.345 e. The van der Waals surface area contributed by atoms with E-state index in [1.54, 1.807) is 6.20 Å². The Morgan fingerprint density at radius 1 is 1.19 bits per heavy atom. The third-order valence-corrected chi connectivity index (χ3v) is 2.60. The fourth-order valence-electron chi connectivity index (χ4n) is 1.87. The number of benzene rings is 1. The van der Waals surface area contributed by atoms with Crippen molar-refractivity contribution in [3.05, 3.63) is 48.4 Å². The Morgan fingerprint density at radius 3 is 2.94 bits per heavy atom. The van der Waals surface area contributed by atoms with Crippen LogP contribution in [0.15, 0.2) is 42.9 Å². The quantitative estimate of drug-likeness (QED) is 0.669. The van der Waals surface area contributed by atoms with Gasteiger partial charge in [-0.1, -0.05) is 12.1 Å². The van der Waals surface area contributed by atoms with Gasteiger partial charge in [0.25, 0.3) is 0 Å². The zero-order valence-electron chi connectivity index (χ0n) is 8.94. The van der Waals surface area contributed by atoms with Crippen molar-refractivity contribution >= 4 is 10.9 Å². The van der Waals surface area contributed by atoms with E-state index in [0.29, 0.717) is 0 Å². The summed E-state index contributed by atoms with van der Waals surface area (Å²) in [5, 5.41) is 1.15. The highest BCUT2D eigenvalue weighted by molar-refractivity contribution is 5.91. The molecule has 2 heterocycles. The average Bonchev–Trinajstić information content (AvgIpc) is 2.81. The molecule has 1 N–H and O–H groups in total. The van der Waals surface area contributed by atoms with E-state index in [1.807, 2.05) is 31.5 Å². The Morgan fingerprint density at radius 2 is 2.12 bits per heavy atom. The van der Waals surface area contributed by atoms with Gasteiger partial charge in [-0.05, 0) is 24.6 Å². The molecular weight excluding hydrogens is 198 g/mol. The summed E-state index contributed by atoms with van der Waals surface area (Å²) in [6.07, 6.45) is 5.46. The first-order valence-electron chi connectivity index (χ1n) is 5.20. The molecule has 0 unspecified atom stereocenters. The lowest BCUT2D eigenvalue weighted by molar-refractivity contribution is 1.29. The second kappa shape index (κ2) is 3.45. The standard InChI is InChI=1S/C13H11N3/c1-9-7-10-3-2-4-11(12(10)16-8-9)13-14-5-6-15-13/h2-8H,1H3,(H,14,15). The second-order valence-electron chi connectivity index (χ2n) is 3.83. The highest BCUT2D eigenvalue weighted by atomic mass is 14.9. The molecule has 1 aromatic carbocycles. The lowest BCUT2D eigenvalue weighted by Crippen LogP contribution is -1.87. The van der Waals surface area contributed by atoms with Gasteiger partial charge in [0.2, 0.25) is 0 Å². The van der Waals surface area contributed by atoms with Crippen molar-refractivity contribution in [2.45, 2.75) is 6.92 Å². The summed E-state index contributed by atoms with van der Waals surface area (Å²) in [4.78, 5) is 11.8. The Bertz CT molecular complexity index is 627. The van der Waals surface area contributed by atoms with Crippen molar-refractivity contribution in [3.63, 3.8) is 0 Å². The molecule has 0 radical (unpaired) electrons. The van der Waals surface area contributed by atoms with Crippen molar-refractivity contribution in [3.8, 4) is 11.4 Å². The number of imidazole rings is 1. The molecule has 78 valence electrons. The number of hydrogen-bond donors (Lipinski definition) is 1. The molecule has 0 bridgehead atoms. The van der Waals surface area contributed by atoms with Gasteiger partial charge in [-0.3, -0.25) is 4.98 Å². The number of nitrogens with one attached hydrogen (secondary N) is 1. The number of pyridine rings is 1. The molecule has 0 spiro atoms. The van der Waals surface area contributed by atoms with Crippen LogP contribution in [0, 0.1) is 6.92 Å². The third kappa shape index (κ3) is 1.37. The molecule has 0 aliphatic rings. The van der Waals surface area contributed by atoms with Crippen LogP contribution in [0.5, 0.6) is 0 Å². The summed E-state index contributed by atoms with van der Waals surface area (Å²) in [6, 6.07) is 8.27. The van der Waals surface area contributed by atoms with Gasteiger partial charge in [-0.2, -0.15) is 0 Å². The number of aromatic amines is 1. The summed E-state index contributed by atoms with van der Waals surface area (Å²) in [7, 11) is 0. The second-order valence-corrected chi connectivity index (χ2v) is 3.83. The molecule has 0 aliphatic heterocycles. The molecule has 0 atom stereocenters. The minimum absolute atomic E-state index is 0.863. The highest BCUT2D eigenvalue weighted by Crippen LogP contribution is 2.24. The van der Waals surface area contributed by atoms with E-state index in [2.05, 4.69) is 27.1 Å². The Hall–Kier alpha value is -2.16. The maximum atomic E-state index is 4.48. The molecule has 2 aromatic heterocycles. The van der Waals surface area contributed by atoms with Crippen LogP contribution >= 0.6 is 0 Å². The number of para-hydroxylation sites is 1. The van der Waals surface area contributed by atoms with Gasteiger partial charge < -0.3 is 4.98 Å². The highest BCUT2D eigenvalue weighted by Gasteiger charge is 2.06. The van der Waals surface area contributed by atoms with E-state index in [0.717, 1.165) is 22.3 Å². The summed E-state index contributed by atoms with van der Waals surface area (Å²) >= 11 is 0. The van der Waals surface area contributed by atoms with Crippen LogP contribution in [0.25, 0.3) is 22.3 Å². The SMILES string of the molecule is Cc1cnc2c(-c3ncc[nH]3)cccc2c1. The molecule has 3 rings (SSSR count). The first-order valence-corrected chi connectivity index (χ1v) is 5.20. The number of hydrogen-bond acceptors (Lipinski definition) is 2. The molecular formula is C13H11N3. The smallest absolute Gasteiger partial charge is 0.139 e. The molecule has 3 nitrogen and oxygen atoms in total. The van der Waals surface area contributed by atoms with Crippen LogP contribution in [0.3, 0.4) is 0 Å². The lowest BCUT2D eigenvalue weighted by atomic mass is 10.1. The molecule has 0 amide bonds. The molecule has 3 heteroatoms. The maximum Gasteiger partial charge on any atom is 0.139 e. The fourth-order valence-corrected chi connectivity index (χ4v) is 1.87. The number of fused-ring (bicyclic) bond motifs is 1. The number of rotatable bonds is 1.